The Balaban J connectivity index is 1.77. The van der Waals surface area contributed by atoms with E-state index in [2.05, 4.69) is 17.1 Å². The zero-order chi connectivity index (χ0) is 13.0. The fraction of sp³-hybridized carbons (Fsp3) is 0.923. The molecule has 1 amide bonds. The number of β-amino-alcohol motifs (C(OH)–C–C–N with tert-alkyl or cyclic N) is 1. The van der Waals surface area contributed by atoms with E-state index in [0.29, 0.717) is 11.9 Å². The Labute approximate surface area is 109 Å². The van der Waals surface area contributed by atoms with E-state index in [0.717, 1.165) is 52.1 Å². The summed E-state index contributed by atoms with van der Waals surface area (Å²) < 4.78 is 0. The number of piperidine rings is 1. The van der Waals surface area contributed by atoms with Crippen molar-refractivity contribution in [3.8, 4) is 0 Å². The predicted molar refractivity (Wildman–Crippen MR) is 70.3 cm³/mol. The Morgan fingerprint density at radius 1 is 1.28 bits per heavy atom. The molecule has 2 aliphatic heterocycles. The predicted octanol–water partition coefficient (Wildman–Crippen LogP) is -0.489. The van der Waals surface area contributed by atoms with Gasteiger partial charge in [0.15, 0.2) is 0 Å². The molecular weight excluding hydrogens is 230 g/mol. The van der Waals surface area contributed by atoms with E-state index in [4.69, 9.17) is 5.11 Å². The molecule has 5 nitrogen and oxygen atoms in total. The van der Waals surface area contributed by atoms with E-state index in [1.807, 2.05) is 4.90 Å². The van der Waals surface area contributed by atoms with Gasteiger partial charge >= 0.3 is 0 Å². The summed E-state index contributed by atoms with van der Waals surface area (Å²) in [6.45, 7) is 7.34. The lowest BCUT2D eigenvalue weighted by Crippen LogP contribution is -2.53. The molecule has 2 rings (SSSR count). The first kappa shape index (κ1) is 13.8. The number of piperazine rings is 1. The van der Waals surface area contributed by atoms with Gasteiger partial charge in [-0.2, -0.15) is 0 Å². The van der Waals surface area contributed by atoms with Gasteiger partial charge < -0.3 is 15.3 Å². The number of nitrogens with zero attached hydrogens (tertiary/aromatic N) is 2. The van der Waals surface area contributed by atoms with Crippen LogP contribution in [0.5, 0.6) is 0 Å². The van der Waals surface area contributed by atoms with Crippen molar-refractivity contribution in [1.82, 2.24) is 15.1 Å². The molecule has 0 spiro atoms. The molecule has 104 valence electrons. The molecule has 0 aromatic heterocycles. The summed E-state index contributed by atoms with van der Waals surface area (Å²) >= 11 is 0. The van der Waals surface area contributed by atoms with Crippen LogP contribution in [-0.2, 0) is 4.79 Å². The monoisotopic (exact) mass is 255 g/mol. The van der Waals surface area contributed by atoms with Crippen molar-refractivity contribution in [3.63, 3.8) is 0 Å². The third kappa shape index (κ3) is 3.43. The highest BCUT2D eigenvalue weighted by atomic mass is 16.3. The first-order valence-electron chi connectivity index (χ1n) is 7.06. The molecule has 2 aliphatic rings. The molecule has 0 aliphatic carbocycles. The number of amides is 1. The second-order valence-corrected chi connectivity index (χ2v) is 5.47. The van der Waals surface area contributed by atoms with E-state index in [1.54, 1.807) is 0 Å². The average molecular weight is 255 g/mol. The minimum atomic E-state index is 0.172. The van der Waals surface area contributed by atoms with E-state index in [9.17, 15) is 4.79 Å². The summed E-state index contributed by atoms with van der Waals surface area (Å²) in [5.41, 5.74) is 0. The summed E-state index contributed by atoms with van der Waals surface area (Å²) in [5.74, 6) is 0.489. The number of aliphatic hydroxyl groups is 1. The minimum absolute atomic E-state index is 0.172. The van der Waals surface area contributed by atoms with Crippen LogP contribution >= 0.6 is 0 Å². The van der Waals surface area contributed by atoms with Gasteiger partial charge in [-0.25, -0.2) is 0 Å². The normalized spacial score (nSPS) is 30.4. The lowest BCUT2D eigenvalue weighted by Gasteiger charge is -2.37. The summed E-state index contributed by atoms with van der Waals surface area (Å²) in [4.78, 5) is 16.6. The van der Waals surface area contributed by atoms with Crippen LogP contribution in [-0.4, -0.2) is 72.7 Å². The number of hydrogen-bond donors (Lipinski definition) is 2. The first-order valence-corrected chi connectivity index (χ1v) is 7.06. The summed E-state index contributed by atoms with van der Waals surface area (Å²) in [6.07, 6.45) is 2.12. The fourth-order valence-electron chi connectivity index (χ4n) is 2.80. The fourth-order valence-corrected chi connectivity index (χ4v) is 2.80. The minimum Gasteiger partial charge on any atom is -0.395 e. The molecule has 0 bridgehead atoms. The van der Waals surface area contributed by atoms with Crippen LogP contribution in [0.15, 0.2) is 0 Å². The number of carbonyl (C=O) groups excluding carboxylic acids is 1. The van der Waals surface area contributed by atoms with Gasteiger partial charge in [-0.05, 0) is 19.8 Å². The van der Waals surface area contributed by atoms with Crippen LogP contribution in [0.2, 0.25) is 0 Å². The number of hydrogen-bond acceptors (Lipinski definition) is 4. The SMILES string of the molecule is CC1CCC(C(=O)N2CCN(CCO)CC2)CN1. The molecule has 2 heterocycles. The summed E-state index contributed by atoms with van der Waals surface area (Å²) in [6, 6.07) is 0.551. The number of aliphatic hydroxyl groups excluding tert-OH is 1. The summed E-state index contributed by atoms with van der Waals surface area (Å²) in [7, 11) is 0. The van der Waals surface area contributed by atoms with Gasteiger partial charge in [-0.3, -0.25) is 9.69 Å². The van der Waals surface area contributed by atoms with Crippen molar-refractivity contribution in [2.24, 2.45) is 5.92 Å². The second kappa shape index (κ2) is 6.50. The smallest absolute Gasteiger partial charge is 0.227 e. The molecular formula is C13H25N3O2. The maximum absolute atomic E-state index is 12.3. The Hall–Kier alpha value is -0.650. The molecule has 2 atom stereocenters. The van der Waals surface area contributed by atoms with Crippen molar-refractivity contribution in [3.05, 3.63) is 0 Å². The van der Waals surface area contributed by atoms with Crippen molar-refractivity contribution in [1.29, 1.82) is 0 Å². The van der Waals surface area contributed by atoms with Gasteiger partial charge in [-0.15, -0.1) is 0 Å². The summed E-state index contributed by atoms with van der Waals surface area (Å²) in [5, 5.41) is 12.3. The Morgan fingerprint density at radius 2 is 2.00 bits per heavy atom. The maximum Gasteiger partial charge on any atom is 0.227 e. The van der Waals surface area contributed by atoms with Crippen molar-refractivity contribution in [2.45, 2.75) is 25.8 Å². The zero-order valence-corrected chi connectivity index (χ0v) is 11.3. The van der Waals surface area contributed by atoms with Gasteiger partial charge in [-0.1, -0.05) is 0 Å². The third-order valence-electron chi connectivity index (χ3n) is 4.11. The molecule has 0 aromatic rings. The maximum atomic E-state index is 12.3. The van der Waals surface area contributed by atoms with Gasteiger partial charge in [0.25, 0.3) is 0 Å². The Morgan fingerprint density at radius 3 is 2.56 bits per heavy atom. The second-order valence-electron chi connectivity index (χ2n) is 5.47. The molecule has 2 N–H and O–H groups in total. The van der Waals surface area contributed by atoms with Crippen LogP contribution in [0.4, 0.5) is 0 Å². The number of rotatable bonds is 3. The quantitative estimate of drug-likeness (QED) is 0.714. The van der Waals surface area contributed by atoms with E-state index >= 15 is 0 Å². The van der Waals surface area contributed by atoms with Crippen molar-refractivity contribution in [2.75, 3.05) is 45.9 Å². The largest absolute Gasteiger partial charge is 0.395 e. The topological polar surface area (TPSA) is 55.8 Å². The molecule has 5 heteroatoms. The molecule has 2 saturated heterocycles. The Kier molecular flexibility index (Phi) is 4.97. The lowest BCUT2D eigenvalue weighted by atomic mass is 9.94. The molecule has 0 radical (unpaired) electrons. The highest BCUT2D eigenvalue weighted by Gasteiger charge is 2.29. The number of nitrogens with one attached hydrogen (secondary N) is 1. The van der Waals surface area contributed by atoms with Gasteiger partial charge in [0, 0.05) is 45.3 Å². The first-order chi connectivity index (χ1) is 8.70. The molecule has 2 fully saturated rings. The molecule has 2 unspecified atom stereocenters. The van der Waals surface area contributed by atoms with Crippen LogP contribution in [0.25, 0.3) is 0 Å². The van der Waals surface area contributed by atoms with E-state index in [1.165, 1.54) is 0 Å². The van der Waals surface area contributed by atoms with Crippen molar-refractivity contribution < 1.29 is 9.90 Å². The molecule has 0 aromatic carbocycles. The van der Waals surface area contributed by atoms with Crippen LogP contribution in [0.1, 0.15) is 19.8 Å². The highest BCUT2D eigenvalue weighted by molar-refractivity contribution is 5.79. The van der Waals surface area contributed by atoms with Gasteiger partial charge in [0.05, 0.1) is 12.5 Å². The van der Waals surface area contributed by atoms with Crippen LogP contribution in [0, 0.1) is 5.92 Å². The van der Waals surface area contributed by atoms with Gasteiger partial charge in [0.2, 0.25) is 5.91 Å². The molecule has 18 heavy (non-hydrogen) atoms. The highest BCUT2D eigenvalue weighted by Crippen LogP contribution is 2.17. The van der Waals surface area contributed by atoms with E-state index < -0.39 is 0 Å². The lowest BCUT2D eigenvalue weighted by molar-refractivity contribution is -0.138. The Bertz CT molecular complexity index is 269. The third-order valence-corrected chi connectivity index (χ3v) is 4.11. The molecule has 0 saturated carbocycles. The van der Waals surface area contributed by atoms with Crippen LogP contribution < -0.4 is 5.32 Å². The van der Waals surface area contributed by atoms with E-state index in [-0.39, 0.29) is 12.5 Å². The standard InChI is InChI=1S/C13H25N3O2/c1-11-2-3-12(10-14-11)13(18)16-6-4-15(5-7-16)8-9-17/h11-12,14,17H,2-10H2,1H3. The van der Waals surface area contributed by atoms with Gasteiger partial charge in [0.1, 0.15) is 0 Å². The van der Waals surface area contributed by atoms with Crippen molar-refractivity contribution >= 4 is 5.91 Å². The van der Waals surface area contributed by atoms with Crippen LogP contribution in [0.3, 0.4) is 0 Å². The average Bonchev–Trinajstić information content (AvgIpc) is 2.40. The zero-order valence-electron chi connectivity index (χ0n) is 11.3. The number of carbonyl (C=O) groups is 1.